The van der Waals surface area contributed by atoms with E-state index in [4.69, 9.17) is 9.47 Å². The number of nitrogens with zero attached hydrogens (tertiary/aromatic N) is 2. The molecule has 1 aliphatic heterocycles. The number of hydrogen-bond donors (Lipinski definition) is 1. The van der Waals surface area contributed by atoms with Crippen molar-refractivity contribution in [3.63, 3.8) is 0 Å². The third kappa shape index (κ3) is 2.22. The Bertz CT molecular complexity index is 729. The van der Waals surface area contributed by atoms with Crippen LogP contribution in [0.4, 0.5) is 5.69 Å². The maximum absolute atomic E-state index is 12.5. The lowest BCUT2D eigenvalue weighted by atomic mass is 10.0. The van der Waals surface area contributed by atoms with Gasteiger partial charge in [0.05, 0.1) is 25.5 Å². The fourth-order valence-corrected chi connectivity index (χ4v) is 2.55. The van der Waals surface area contributed by atoms with Gasteiger partial charge in [0.1, 0.15) is 5.69 Å². The smallest absolute Gasteiger partial charge is 0.280 e. The molecule has 0 radical (unpaired) electrons. The van der Waals surface area contributed by atoms with E-state index in [1.807, 2.05) is 24.3 Å². The first kappa shape index (κ1) is 14.2. The van der Waals surface area contributed by atoms with Gasteiger partial charge >= 0.3 is 0 Å². The maximum atomic E-state index is 12.5. The van der Waals surface area contributed by atoms with Crippen LogP contribution in [0, 0.1) is 5.21 Å². The van der Waals surface area contributed by atoms with Crippen molar-refractivity contribution >= 4 is 11.4 Å². The first-order valence-electron chi connectivity index (χ1n) is 6.89. The summed E-state index contributed by atoms with van der Waals surface area (Å²) in [6, 6.07) is 9.13. The van der Waals surface area contributed by atoms with E-state index in [2.05, 4.69) is 10.3 Å². The molecule has 0 bridgehead atoms. The molecule has 1 N–H and O–H groups in total. The molecule has 6 heteroatoms. The predicted octanol–water partition coefficient (Wildman–Crippen LogP) is 2.54. The highest BCUT2D eigenvalue weighted by Crippen LogP contribution is 2.37. The van der Waals surface area contributed by atoms with E-state index in [0.29, 0.717) is 22.9 Å². The second-order valence-corrected chi connectivity index (χ2v) is 4.97. The van der Waals surface area contributed by atoms with Gasteiger partial charge in [0.25, 0.3) is 6.17 Å². The Hall–Kier alpha value is -2.76. The molecule has 2 aromatic rings. The van der Waals surface area contributed by atoms with E-state index in [-0.39, 0.29) is 0 Å². The highest BCUT2D eigenvalue weighted by atomic mass is 16.5. The zero-order valence-electron chi connectivity index (χ0n) is 12.7. The van der Waals surface area contributed by atoms with Crippen molar-refractivity contribution < 1.29 is 14.2 Å². The van der Waals surface area contributed by atoms with Gasteiger partial charge in [-0.15, -0.1) is 0 Å². The third-order valence-electron chi connectivity index (χ3n) is 3.74. The second-order valence-electron chi connectivity index (χ2n) is 4.97. The summed E-state index contributed by atoms with van der Waals surface area (Å²) in [5.74, 6) is 1.20. The fourth-order valence-electron chi connectivity index (χ4n) is 2.55. The lowest BCUT2D eigenvalue weighted by Gasteiger charge is -2.27. The van der Waals surface area contributed by atoms with Crippen LogP contribution in [0.15, 0.2) is 36.5 Å². The monoisotopic (exact) mass is 299 g/mol. The van der Waals surface area contributed by atoms with E-state index >= 15 is 0 Å². The standard InChI is InChI=1S/C16H17N3O3/c1-10-11-8-14(21-2)15(22-3)9-13(11)18-16(19(10)20)12-6-4-5-7-17-12/h4-9,16,18H,1-3H3. The van der Waals surface area contributed by atoms with Gasteiger partial charge < -0.3 is 20.0 Å². The average Bonchev–Trinajstić information content (AvgIpc) is 2.57. The Balaban J connectivity index is 2.11. The largest absolute Gasteiger partial charge is 0.622 e. The molecule has 0 saturated heterocycles. The third-order valence-corrected chi connectivity index (χ3v) is 3.74. The van der Waals surface area contributed by atoms with Crippen molar-refractivity contribution in [1.29, 1.82) is 0 Å². The summed E-state index contributed by atoms with van der Waals surface area (Å²) in [6.07, 6.45) is 1.11. The van der Waals surface area contributed by atoms with Crippen molar-refractivity contribution in [3.8, 4) is 11.5 Å². The average molecular weight is 299 g/mol. The number of hydrogen-bond acceptors (Lipinski definition) is 5. The SMILES string of the molecule is COc1cc2c(cc1OC)C(C)=[N+]([O-])C(c1ccccn1)N2. The first-order valence-corrected chi connectivity index (χ1v) is 6.89. The van der Waals surface area contributed by atoms with Crippen LogP contribution in [0.3, 0.4) is 0 Å². The van der Waals surface area contributed by atoms with E-state index < -0.39 is 6.17 Å². The Kier molecular flexibility index (Phi) is 3.58. The van der Waals surface area contributed by atoms with Crippen molar-refractivity contribution in [2.45, 2.75) is 13.1 Å². The van der Waals surface area contributed by atoms with Gasteiger partial charge in [-0.1, -0.05) is 6.07 Å². The second kappa shape index (κ2) is 5.55. The van der Waals surface area contributed by atoms with E-state index in [0.717, 1.165) is 16.0 Å². The minimum absolute atomic E-state index is 0.563. The first-order chi connectivity index (χ1) is 10.7. The summed E-state index contributed by atoms with van der Waals surface area (Å²) >= 11 is 0. The Labute approximate surface area is 128 Å². The topological polar surface area (TPSA) is 69.5 Å². The van der Waals surface area contributed by atoms with Gasteiger partial charge in [0.15, 0.2) is 17.2 Å². The van der Waals surface area contributed by atoms with Gasteiger partial charge in [-0.3, -0.25) is 4.98 Å². The summed E-state index contributed by atoms with van der Waals surface area (Å²) in [5.41, 5.74) is 2.88. The molecule has 1 aliphatic rings. The number of nitrogens with one attached hydrogen (secondary N) is 1. The summed E-state index contributed by atoms with van der Waals surface area (Å²) in [4.78, 5) is 4.26. The van der Waals surface area contributed by atoms with Crippen LogP contribution < -0.4 is 14.8 Å². The molecule has 2 heterocycles. The Morgan fingerprint density at radius 3 is 2.55 bits per heavy atom. The van der Waals surface area contributed by atoms with Gasteiger partial charge in [-0.25, -0.2) is 0 Å². The van der Waals surface area contributed by atoms with Gasteiger partial charge in [0, 0.05) is 19.2 Å². The number of hydroxylamine groups is 1. The van der Waals surface area contributed by atoms with Crippen molar-refractivity contribution in [2.75, 3.05) is 19.5 Å². The maximum Gasteiger partial charge on any atom is 0.280 e. The zero-order valence-corrected chi connectivity index (χ0v) is 12.7. The van der Waals surface area contributed by atoms with Gasteiger partial charge in [-0.2, -0.15) is 4.74 Å². The van der Waals surface area contributed by atoms with Crippen LogP contribution in [0.25, 0.3) is 0 Å². The highest BCUT2D eigenvalue weighted by molar-refractivity contribution is 6.02. The van der Waals surface area contributed by atoms with Crippen molar-refractivity contribution in [2.24, 2.45) is 0 Å². The molecule has 0 amide bonds. The van der Waals surface area contributed by atoms with E-state index in [1.54, 1.807) is 33.4 Å². The molecule has 3 rings (SSSR count). The van der Waals surface area contributed by atoms with Crippen LogP contribution in [0.1, 0.15) is 24.3 Å². The molecule has 0 spiro atoms. The van der Waals surface area contributed by atoms with Crippen LogP contribution in [-0.2, 0) is 0 Å². The minimum Gasteiger partial charge on any atom is -0.622 e. The number of rotatable bonds is 3. The number of methoxy groups -OCH3 is 2. The fraction of sp³-hybridized carbons (Fsp3) is 0.250. The van der Waals surface area contributed by atoms with Crippen LogP contribution in [0.5, 0.6) is 11.5 Å². The number of aromatic nitrogens is 1. The van der Waals surface area contributed by atoms with Crippen LogP contribution >= 0.6 is 0 Å². The lowest BCUT2D eigenvalue weighted by molar-refractivity contribution is -0.502. The molecule has 1 aromatic carbocycles. The number of fused-ring (bicyclic) bond motifs is 1. The normalized spacial score (nSPS) is 16.8. The van der Waals surface area contributed by atoms with E-state index in [9.17, 15) is 5.21 Å². The molecule has 1 aromatic heterocycles. The van der Waals surface area contributed by atoms with Crippen LogP contribution in [-0.4, -0.2) is 29.7 Å². The molecule has 22 heavy (non-hydrogen) atoms. The van der Waals surface area contributed by atoms with E-state index in [1.165, 1.54) is 0 Å². The molecular weight excluding hydrogens is 282 g/mol. The minimum atomic E-state index is -0.563. The van der Waals surface area contributed by atoms with Crippen molar-refractivity contribution in [3.05, 3.63) is 53.0 Å². The molecule has 1 unspecified atom stereocenters. The molecule has 0 saturated carbocycles. The van der Waals surface area contributed by atoms with Crippen molar-refractivity contribution in [1.82, 2.24) is 4.98 Å². The molecule has 0 fully saturated rings. The van der Waals surface area contributed by atoms with Gasteiger partial charge in [0.2, 0.25) is 0 Å². The molecule has 6 nitrogen and oxygen atoms in total. The Morgan fingerprint density at radius 2 is 1.91 bits per heavy atom. The van der Waals surface area contributed by atoms with Crippen LogP contribution in [0.2, 0.25) is 0 Å². The summed E-state index contributed by atoms with van der Waals surface area (Å²) in [7, 11) is 3.15. The van der Waals surface area contributed by atoms with Gasteiger partial charge in [-0.05, 0) is 18.2 Å². The predicted molar refractivity (Wildman–Crippen MR) is 83.6 cm³/mol. The molecular formula is C16H17N3O3. The molecule has 1 atom stereocenters. The molecule has 114 valence electrons. The summed E-state index contributed by atoms with van der Waals surface area (Å²) < 4.78 is 11.5. The number of anilines is 1. The Morgan fingerprint density at radius 1 is 1.18 bits per heavy atom. The lowest BCUT2D eigenvalue weighted by Crippen LogP contribution is -2.32. The quantitative estimate of drug-likeness (QED) is 0.696. The number of ether oxygens (including phenoxy) is 2. The zero-order chi connectivity index (χ0) is 15.7. The number of pyridine rings is 1. The molecule has 0 aliphatic carbocycles. The summed E-state index contributed by atoms with van der Waals surface area (Å²) in [6.45, 7) is 1.79. The summed E-state index contributed by atoms with van der Waals surface area (Å²) in [5, 5.41) is 15.8. The highest BCUT2D eigenvalue weighted by Gasteiger charge is 2.31. The number of benzene rings is 1.